The molecule has 1 aromatic heterocycles. The van der Waals surface area contributed by atoms with Crippen molar-refractivity contribution in [2.24, 2.45) is 25.4 Å². The van der Waals surface area contributed by atoms with Crippen LogP contribution in [0, 0.1) is 11.3 Å². The van der Waals surface area contributed by atoms with Crippen molar-refractivity contribution in [3.63, 3.8) is 0 Å². The molecule has 3 heterocycles. The summed E-state index contributed by atoms with van der Waals surface area (Å²) in [6, 6.07) is 5.50. The van der Waals surface area contributed by atoms with Crippen LogP contribution in [0.15, 0.2) is 23.0 Å². The Kier molecular flexibility index (Phi) is 7.18. The molecule has 4 rings (SSSR count). The standard InChI is InChI=1S/C26H41N5O4S/c1-19(2)17-36(34,35)31-18-26(10-9-25(31,3)4)11-13-30(14-12-26)16-23(32)27-20-7-8-21-22(15-20)29(6)24(33)28(21)5/h7-8,15,19H,9-14,16-18H2,1-6H3,(H,27,32). The smallest absolute Gasteiger partial charge is 0.325 e. The van der Waals surface area contributed by atoms with E-state index in [0.717, 1.165) is 49.8 Å². The first-order chi connectivity index (χ1) is 16.7. The van der Waals surface area contributed by atoms with Crippen LogP contribution in [0.2, 0.25) is 0 Å². The highest BCUT2D eigenvalue weighted by molar-refractivity contribution is 7.89. The average Bonchev–Trinajstić information content (AvgIpc) is 3.00. The number of rotatable bonds is 6. The molecule has 2 fully saturated rings. The first-order valence-electron chi connectivity index (χ1n) is 12.9. The molecule has 10 heteroatoms. The Morgan fingerprint density at radius 1 is 1.03 bits per heavy atom. The highest BCUT2D eigenvalue weighted by Gasteiger charge is 2.48. The summed E-state index contributed by atoms with van der Waals surface area (Å²) in [7, 11) is 0.138. The zero-order valence-electron chi connectivity index (χ0n) is 22.5. The molecule has 0 atom stereocenters. The molecule has 1 amide bonds. The Morgan fingerprint density at radius 2 is 1.67 bits per heavy atom. The lowest BCUT2D eigenvalue weighted by Gasteiger charge is -2.53. The lowest BCUT2D eigenvalue weighted by atomic mass is 9.69. The topological polar surface area (TPSA) is 96.7 Å². The average molecular weight is 520 g/mol. The third kappa shape index (κ3) is 5.26. The van der Waals surface area contributed by atoms with Crippen LogP contribution in [0.1, 0.15) is 53.4 Å². The zero-order valence-corrected chi connectivity index (χ0v) is 23.3. The van der Waals surface area contributed by atoms with E-state index in [2.05, 4.69) is 10.2 Å². The van der Waals surface area contributed by atoms with Gasteiger partial charge in [-0.25, -0.2) is 13.2 Å². The number of sulfonamides is 1. The molecule has 0 bridgehead atoms. The predicted molar refractivity (Wildman–Crippen MR) is 144 cm³/mol. The lowest BCUT2D eigenvalue weighted by molar-refractivity contribution is -0.118. The van der Waals surface area contributed by atoms with Crippen molar-refractivity contribution >= 4 is 32.7 Å². The fourth-order valence-electron chi connectivity index (χ4n) is 5.86. The summed E-state index contributed by atoms with van der Waals surface area (Å²) in [5.74, 6) is 0.190. The van der Waals surface area contributed by atoms with E-state index in [4.69, 9.17) is 0 Å². The number of carbonyl (C=O) groups is 1. The molecule has 1 spiro atoms. The molecular formula is C26H41N5O4S. The molecule has 2 aliphatic heterocycles. The number of imidazole rings is 1. The number of fused-ring (bicyclic) bond motifs is 1. The Bertz CT molecular complexity index is 1300. The minimum absolute atomic E-state index is 0.0182. The second kappa shape index (κ2) is 9.61. The summed E-state index contributed by atoms with van der Waals surface area (Å²) >= 11 is 0. The number of aryl methyl sites for hydroxylation is 2. The van der Waals surface area contributed by atoms with Crippen molar-refractivity contribution in [1.82, 2.24) is 18.3 Å². The van der Waals surface area contributed by atoms with E-state index < -0.39 is 10.0 Å². The van der Waals surface area contributed by atoms with Crippen molar-refractivity contribution in [2.75, 3.05) is 37.2 Å². The highest BCUT2D eigenvalue weighted by atomic mass is 32.2. The summed E-state index contributed by atoms with van der Waals surface area (Å²) in [6.45, 7) is 10.4. The Labute approximate surface area is 214 Å². The lowest BCUT2D eigenvalue weighted by Crippen LogP contribution is -2.59. The molecule has 0 radical (unpaired) electrons. The maximum absolute atomic E-state index is 13.2. The Balaban J connectivity index is 1.37. The molecule has 0 saturated carbocycles. The van der Waals surface area contributed by atoms with Crippen LogP contribution in [-0.2, 0) is 28.9 Å². The number of hydrogen-bond donors (Lipinski definition) is 1. The number of benzene rings is 1. The van der Waals surface area contributed by atoms with E-state index in [1.54, 1.807) is 27.5 Å². The molecule has 0 unspecified atom stereocenters. The maximum Gasteiger partial charge on any atom is 0.328 e. The molecule has 1 aromatic carbocycles. The largest absolute Gasteiger partial charge is 0.328 e. The first-order valence-corrected chi connectivity index (χ1v) is 14.5. The molecule has 2 aromatic rings. The highest BCUT2D eigenvalue weighted by Crippen LogP contribution is 2.46. The minimum atomic E-state index is -3.32. The summed E-state index contributed by atoms with van der Waals surface area (Å²) in [4.78, 5) is 27.1. The zero-order chi connectivity index (χ0) is 26.5. The van der Waals surface area contributed by atoms with Crippen LogP contribution in [0.4, 0.5) is 5.69 Å². The van der Waals surface area contributed by atoms with Gasteiger partial charge in [0.15, 0.2) is 0 Å². The number of likely N-dealkylation sites (tertiary alicyclic amines) is 1. The number of amides is 1. The van der Waals surface area contributed by atoms with E-state index in [1.807, 2.05) is 45.9 Å². The number of piperidine rings is 2. The van der Waals surface area contributed by atoms with Gasteiger partial charge in [0.05, 0.1) is 23.3 Å². The summed E-state index contributed by atoms with van der Waals surface area (Å²) in [5.41, 5.74) is 1.79. The van der Waals surface area contributed by atoms with Crippen molar-refractivity contribution in [3.05, 3.63) is 28.7 Å². The predicted octanol–water partition coefficient (Wildman–Crippen LogP) is 2.76. The summed E-state index contributed by atoms with van der Waals surface area (Å²) in [5, 5.41) is 2.97. The van der Waals surface area contributed by atoms with E-state index >= 15 is 0 Å². The van der Waals surface area contributed by atoms with Gasteiger partial charge < -0.3 is 5.32 Å². The van der Waals surface area contributed by atoms with Crippen molar-refractivity contribution < 1.29 is 13.2 Å². The van der Waals surface area contributed by atoms with Crippen molar-refractivity contribution in [1.29, 1.82) is 0 Å². The monoisotopic (exact) mass is 519 g/mol. The van der Waals surface area contributed by atoms with Gasteiger partial charge in [0.1, 0.15) is 0 Å². The third-order valence-corrected chi connectivity index (χ3v) is 10.5. The fraction of sp³-hybridized carbons (Fsp3) is 0.692. The van der Waals surface area contributed by atoms with Gasteiger partial charge in [0.25, 0.3) is 0 Å². The van der Waals surface area contributed by atoms with Crippen molar-refractivity contribution in [2.45, 2.75) is 58.9 Å². The first kappa shape index (κ1) is 26.9. The van der Waals surface area contributed by atoms with Gasteiger partial charge in [-0.2, -0.15) is 4.31 Å². The van der Waals surface area contributed by atoms with Gasteiger partial charge >= 0.3 is 5.69 Å². The number of aromatic nitrogens is 2. The van der Waals surface area contributed by atoms with Crippen molar-refractivity contribution in [3.8, 4) is 0 Å². The van der Waals surface area contributed by atoms with Crippen LogP contribution in [0.3, 0.4) is 0 Å². The van der Waals surface area contributed by atoms with Crippen LogP contribution in [0.25, 0.3) is 11.0 Å². The molecule has 0 aliphatic carbocycles. The number of nitrogens with one attached hydrogen (secondary N) is 1. The molecule has 200 valence electrons. The Morgan fingerprint density at radius 3 is 2.31 bits per heavy atom. The van der Waals surface area contributed by atoms with Gasteiger partial charge in [-0.3, -0.25) is 18.8 Å². The summed E-state index contributed by atoms with van der Waals surface area (Å²) < 4.78 is 31.3. The number of carbonyl (C=O) groups excluding carboxylic acids is 1. The normalized spacial score (nSPS) is 20.9. The van der Waals surface area contributed by atoms with Crippen LogP contribution in [0.5, 0.6) is 0 Å². The van der Waals surface area contributed by atoms with E-state index in [0.29, 0.717) is 18.8 Å². The van der Waals surface area contributed by atoms with E-state index in [-0.39, 0.29) is 34.2 Å². The second-order valence-corrected chi connectivity index (χ2v) is 13.9. The number of anilines is 1. The molecule has 2 aliphatic rings. The third-order valence-electron chi connectivity index (χ3n) is 8.14. The molecule has 2 saturated heterocycles. The maximum atomic E-state index is 13.2. The van der Waals surface area contributed by atoms with Gasteiger partial charge in [-0.05, 0) is 82.2 Å². The number of nitrogens with zero attached hydrogens (tertiary/aromatic N) is 4. The molecule has 1 N–H and O–H groups in total. The van der Waals surface area contributed by atoms with E-state index in [9.17, 15) is 18.0 Å². The minimum Gasteiger partial charge on any atom is -0.325 e. The van der Waals surface area contributed by atoms with Crippen LogP contribution < -0.4 is 11.0 Å². The van der Waals surface area contributed by atoms with Gasteiger partial charge in [0.2, 0.25) is 15.9 Å². The van der Waals surface area contributed by atoms with Gasteiger partial charge in [0, 0.05) is 31.9 Å². The second-order valence-electron chi connectivity index (χ2n) is 11.9. The molecular weight excluding hydrogens is 478 g/mol. The fourth-order valence-corrected chi connectivity index (χ4v) is 8.20. The molecule has 36 heavy (non-hydrogen) atoms. The van der Waals surface area contributed by atoms with Gasteiger partial charge in [-0.1, -0.05) is 13.8 Å². The number of hydrogen-bond acceptors (Lipinski definition) is 5. The van der Waals surface area contributed by atoms with Crippen LogP contribution in [-0.4, -0.2) is 70.1 Å². The van der Waals surface area contributed by atoms with E-state index in [1.165, 1.54) is 0 Å². The quantitative estimate of drug-likeness (QED) is 0.633. The van der Waals surface area contributed by atoms with Crippen LogP contribution >= 0.6 is 0 Å². The Hall–Kier alpha value is -2.17. The van der Waals surface area contributed by atoms with Gasteiger partial charge in [-0.15, -0.1) is 0 Å². The molecule has 9 nitrogen and oxygen atoms in total. The summed E-state index contributed by atoms with van der Waals surface area (Å²) in [6.07, 6.45) is 3.66. The SMILES string of the molecule is CC(C)CS(=O)(=O)N1CC2(CCN(CC(=O)Nc3ccc4c(c3)n(C)c(=O)n4C)CC2)CCC1(C)C.